The Morgan fingerprint density at radius 2 is 1.82 bits per heavy atom. The number of pyridine rings is 2. The van der Waals surface area contributed by atoms with Crippen LogP contribution in [0.1, 0.15) is 31.0 Å². The number of hydrogen-bond donors (Lipinski definition) is 1. The Balaban J connectivity index is 1.81. The number of halogens is 2. The second-order valence-electron chi connectivity index (χ2n) is 9.91. The number of rotatable bonds is 5. The van der Waals surface area contributed by atoms with Crippen molar-refractivity contribution in [1.29, 1.82) is 0 Å². The largest absolute Gasteiger partial charge is 0.507 e. The second kappa shape index (κ2) is 10.5. The van der Waals surface area contributed by atoms with Gasteiger partial charge in [-0.05, 0) is 48.7 Å². The fraction of sp³-hybridized carbons (Fsp3) is 0.276. The molecule has 1 aliphatic rings. The van der Waals surface area contributed by atoms with E-state index in [-0.39, 0.29) is 28.7 Å². The standard InChI is InChI=1S/C29H28F2N6O3/c1-5-22(39)35-11-13-36(14-12-35)27-18-15-20(31)25(23-19(30)7-6-8-21(23)38)33-28(18)37(29(40)34-27)26-17(4)9-10-32-24(26)16(2)3/h5-10,15-16,38H,1,11-14H2,2-4H3. The van der Waals surface area contributed by atoms with Crippen LogP contribution in [-0.4, -0.2) is 61.6 Å². The minimum absolute atomic E-state index is 0.0386. The van der Waals surface area contributed by atoms with Gasteiger partial charge in [0.05, 0.1) is 22.3 Å². The Labute approximate surface area is 229 Å². The average molecular weight is 547 g/mol. The van der Waals surface area contributed by atoms with Crippen molar-refractivity contribution in [2.45, 2.75) is 26.7 Å². The number of aryl methyl sites for hydroxylation is 1. The Morgan fingerprint density at radius 3 is 2.48 bits per heavy atom. The highest BCUT2D eigenvalue weighted by Gasteiger charge is 2.28. The van der Waals surface area contributed by atoms with Gasteiger partial charge < -0.3 is 14.9 Å². The number of aromatic nitrogens is 4. The third-order valence-corrected chi connectivity index (χ3v) is 7.02. The minimum Gasteiger partial charge on any atom is -0.507 e. The molecule has 1 fully saturated rings. The molecule has 40 heavy (non-hydrogen) atoms. The van der Waals surface area contributed by atoms with Gasteiger partial charge in [-0.1, -0.05) is 26.5 Å². The van der Waals surface area contributed by atoms with Crippen molar-refractivity contribution in [3.63, 3.8) is 0 Å². The molecule has 4 heterocycles. The van der Waals surface area contributed by atoms with Crippen LogP contribution in [0.15, 0.2) is 54.0 Å². The molecule has 1 aliphatic heterocycles. The molecular formula is C29H28F2N6O3. The first-order valence-electron chi connectivity index (χ1n) is 12.9. The molecule has 0 radical (unpaired) electrons. The predicted octanol–water partition coefficient (Wildman–Crippen LogP) is 4.09. The summed E-state index contributed by atoms with van der Waals surface area (Å²) in [4.78, 5) is 42.6. The molecule has 11 heteroatoms. The summed E-state index contributed by atoms with van der Waals surface area (Å²) in [5, 5.41) is 10.6. The summed E-state index contributed by atoms with van der Waals surface area (Å²) in [5.41, 5.74) is 0.288. The zero-order valence-corrected chi connectivity index (χ0v) is 22.4. The van der Waals surface area contributed by atoms with Crippen molar-refractivity contribution < 1.29 is 18.7 Å². The van der Waals surface area contributed by atoms with Crippen LogP contribution >= 0.6 is 0 Å². The van der Waals surface area contributed by atoms with Crippen LogP contribution < -0.4 is 10.6 Å². The lowest BCUT2D eigenvalue weighted by Gasteiger charge is -2.35. The first-order chi connectivity index (χ1) is 19.1. The Morgan fingerprint density at radius 1 is 1.10 bits per heavy atom. The molecule has 1 N–H and O–H groups in total. The van der Waals surface area contributed by atoms with E-state index in [1.54, 1.807) is 22.1 Å². The first kappa shape index (κ1) is 26.9. The van der Waals surface area contributed by atoms with Gasteiger partial charge in [0.25, 0.3) is 0 Å². The van der Waals surface area contributed by atoms with Gasteiger partial charge in [-0.25, -0.2) is 23.1 Å². The maximum atomic E-state index is 15.7. The quantitative estimate of drug-likeness (QED) is 0.376. The number of aromatic hydroxyl groups is 1. The molecule has 0 spiro atoms. The third-order valence-electron chi connectivity index (χ3n) is 7.02. The third kappa shape index (κ3) is 4.57. The van der Waals surface area contributed by atoms with E-state index >= 15 is 4.39 Å². The van der Waals surface area contributed by atoms with Gasteiger partial charge in [0.1, 0.15) is 23.1 Å². The van der Waals surface area contributed by atoms with Crippen LogP contribution in [0, 0.1) is 18.6 Å². The van der Waals surface area contributed by atoms with Crippen LogP contribution in [0.25, 0.3) is 28.0 Å². The van der Waals surface area contributed by atoms with Crippen molar-refractivity contribution >= 4 is 22.8 Å². The molecule has 0 saturated carbocycles. The van der Waals surface area contributed by atoms with Gasteiger partial charge in [0.15, 0.2) is 11.5 Å². The predicted molar refractivity (Wildman–Crippen MR) is 148 cm³/mol. The highest BCUT2D eigenvalue weighted by atomic mass is 19.1. The van der Waals surface area contributed by atoms with E-state index in [1.807, 2.05) is 20.8 Å². The molecule has 1 aromatic carbocycles. The molecule has 0 atom stereocenters. The van der Waals surface area contributed by atoms with E-state index in [4.69, 9.17) is 0 Å². The lowest BCUT2D eigenvalue weighted by molar-refractivity contribution is -0.126. The number of amides is 1. The Bertz CT molecular complexity index is 1690. The number of fused-ring (bicyclic) bond motifs is 1. The molecule has 4 aromatic rings. The molecule has 9 nitrogen and oxygen atoms in total. The molecule has 3 aromatic heterocycles. The Kier molecular flexibility index (Phi) is 7.05. The number of hydrogen-bond acceptors (Lipinski definition) is 7. The van der Waals surface area contributed by atoms with Crippen LogP contribution in [0.4, 0.5) is 14.6 Å². The fourth-order valence-corrected chi connectivity index (χ4v) is 5.02. The van der Waals surface area contributed by atoms with E-state index in [9.17, 15) is 19.1 Å². The summed E-state index contributed by atoms with van der Waals surface area (Å²) in [6.45, 7) is 10.6. The first-order valence-corrected chi connectivity index (χ1v) is 12.9. The van der Waals surface area contributed by atoms with Gasteiger partial charge in [-0.15, -0.1) is 0 Å². The summed E-state index contributed by atoms with van der Waals surface area (Å²) < 4.78 is 31.8. The van der Waals surface area contributed by atoms with Crippen molar-refractivity contribution in [3.8, 4) is 22.7 Å². The van der Waals surface area contributed by atoms with Gasteiger partial charge in [0.2, 0.25) is 5.91 Å². The van der Waals surface area contributed by atoms with E-state index in [2.05, 4.69) is 21.5 Å². The van der Waals surface area contributed by atoms with Crippen LogP contribution in [-0.2, 0) is 4.79 Å². The van der Waals surface area contributed by atoms with E-state index in [1.165, 1.54) is 22.8 Å². The summed E-state index contributed by atoms with van der Waals surface area (Å²) >= 11 is 0. The van der Waals surface area contributed by atoms with Crippen LogP contribution in [0.5, 0.6) is 5.75 Å². The monoisotopic (exact) mass is 546 g/mol. The topological polar surface area (TPSA) is 104 Å². The highest BCUT2D eigenvalue weighted by molar-refractivity contribution is 5.91. The summed E-state index contributed by atoms with van der Waals surface area (Å²) in [5.74, 6) is -2.33. The molecular weight excluding hydrogens is 518 g/mol. The zero-order valence-electron chi connectivity index (χ0n) is 22.4. The number of nitrogens with zero attached hydrogens (tertiary/aromatic N) is 6. The number of carbonyl (C=O) groups is 1. The SMILES string of the molecule is C=CC(=O)N1CCN(c2nc(=O)n(-c3c(C)ccnc3C(C)C)c3nc(-c4c(O)cccc4F)c(F)cc23)CC1. The second-order valence-corrected chi connectivity index (χ2v) is 9.91. The van der Waals surface area contributed by atoms with E-state index in [0.717, 1.165) is 17.7 Å². The van der Waals surface area contributed by atoms with E-state index < -0.39 is 34.3 Å². The van der Waals surface area contributed by atoms with E-state index in [0.29, 0.717) is 37.6 Å². The molecule has 0 aliphatic carbocycles. The van der Waals surface area contributed by atoms with Crippen molar-refractivity contribution in [3.05, 3.63) is 82.6 Å². The van der Waals surface area contributed by atoms with Crippen molar-refractivity contribution in [2.24, 2.45) is 0 Å². The number of phenols is 1. The normalized spacial score (nSPS) is 13.8. The number of carbonyl (C=O) groups excluding carboxylic acids is 1. The molecule has 1 amide bonds. The fourth-order valence-electron chi connectivity index (χ4n) is 5.02. The molecule has 5 rings (SSSR count). The number of benzene rings is 1. The number of piperazine rings is 1. The smallest absolute Gasteiger partial charge is 0.355 e. The maximum absolute atomic E-state index is 15.7. The maximum Gasteiger partial charge on any atom is 0.355 e. The van der Waals surface area contributed by atoms with Gasteiger partial charge in [0, 0.05) is 32.4 Å². The minimum atomic E-state index is -0.895. The lowest BCUT2D eigenvalue weighted by Crippen LogP contribution is -2.49. The summed E-state index contributed by atoms with van der Waals surface area (Å²) in [6, 6.07) is 6.54. The van der Waals surface area contributed by atoms with Crippen molar-refractivity contribution in [1.82, 2.24) is 24.4 Å². The highest BCUT2D eigenvalue weighted by Crippen LogP contribution is 2.36. The Hall–Kier alpha value is -4.67. The number of anilines is 1. The molecule has 206 valence electrons. The summed E-state index contributed by atoms with van der Waals surface area (Å²) in [7, 11) is 0. The van der Waals surface area contributed by atoms with Gasteiger partial charge in [-0.3, -0.25) is 9.78 Å². The molecule has 1 saturated heterocycles. The average Bonchev–Trinajstić information content (AvgIpc) is 2.93. The molecule has 0 unspecified atom stereocenters. The molecule has 0 bridgehead atoms. The van der Waals surface area contributed by atoms with Gasteiger partial charge >= 0.3 is 5.69 Å². The summed E-state index contributed by atoms with van der Waals surface area (Å²) in [6.07, 6.45) is 2.88. The van der Waals surface area contributed by atoms with Crippen LogP contribution in [0.2, 0.25) is 0 Å². The van der Waals surface area contributed by atoms with Gasteiger partial charge in [-0.2, -0.15) is 4.98 Å². The number of phenolic OH excluding ortho intramolecular Hbond substituents is 1. The van der Waals surface area contributed by atoms with Crippen molar-refractivity contribution in [2.75, 3.05) is 31.1 Å². The van der Waals surface area contributed by atoms with Crippen LogP contribution in [0.3, 0.4) is 0 Å². The zero-order chi connectivity index (χ0) is 28.7. The lowest BCUT2D eigenvalue weighted by atomic mass is 10.0.